The first-order chi connectivity index (χ1) is 7.25. The second-order valence-corrected chi connectivity index (χ2v) is 4.13. The molecule has 0 amide bonds. The normalized spacial score (nSPS) is 10.0. The molecule has 0 unspecified atom stereocenters. The second-order valence-electron chi connectivity index (χ2n) is 2.97. The molecule has 1 aromatic carbocycles. The standard InChI is InChI=1S/C11H8FIN2/c12-11-7-8(5-6-14-11)15-10-4-2-1-3-9(10)13/h1-7H,(H,14,15). The van der Waals surface area contributed by atoms with Crippen molar-refractivity contribution in [3.8, 4) is 0 Å². The molecule has 0 saturated heterocycles. The fourth-order valence-electron chi connectivity index (χ4n) is 1.20. The molecule has 1 aromatic heterocycles. The number of nitrogens with one attached hydrogen (secondary N) is 1. The number of hydrogen-bond acceptors (Lipinski definition) is 2. The Labute approximate surface area is 101 Å². The van der Waals surface area contributed by atoms with Crippen LogP contribution in [0.1, 0.15) is 0 Å². The van der Waals surface area contributed by atoms with Crippen molar-refractivity contribution in [1.29, 1.82) is 0 Å². The van der Waals surface area contributed by atoms with Crippen LogP contribution in [0.25, 0.3) is 0 Å². The Morgan fingerprint density at radius 1 is 1.20 bits per heavy atom. The zero-order chi connectivity index (χ0) is 10.7. The number of aromatic nitrogens is 1. The Balaban J connectivity index is 2.26. The van der Waals surface area contributed by atoms with Gasteiger partial charge in [0.1, 0.15) is 0 Å². The third-order valence-electron chi connectivity index (χ3n) is 1.88. The smallest absolute Gasteiger partial charge is 0.214 e. The molecule has 0 aliphatic rings. The van der Waals surface area contributed by atoms with Gasteiger partial charge in [-0.2, -0.15) is 4.39 Å². The highest BCUT2D eigenvalue weighted by atomic mass is 127. The first kappa shape index (κ1) is 10.4. The average molecular weight is 314 g/mol. The minimum Gasteiger partial charge on any atom is -0.354 e. The Kier molecular flexibility index (Phi) is 3.15. The molecule has 0 aliphatic carbocycles. The molecule has 0 atom stereocenters. The van der Waals surface area contributed by atoms with Crippen molar-refractivity contribution >= 4 is 34.0 Å². The number of pyridine rings is 1. The third-order valence-corrected chi connectivity index (χ3v) is 2.82. The lowest BCUT2D eigenvalue weighted by molar-refractivity contribution is 0.584. The predicted molar refractivity (Wildman–Crippen MR) is 66.6 cm³/mol. The van der Waals surface area contributed by atoms with Gasteiger partial charge in [0.2, 0.25) is 5.95 Å². The van der Waals surface area contributed by atoms with Crippen LogP contribution < -0.4 is 5.32 Å². The van der Waals surface area contributed by atoms with E-state index in [-0.39, 0.29) is 0 Å². The van der Waals surface area contributed by atoms with Crippen molar-refractivity contribution in [3.63, 3.8) is 0 Å². The number of rotatable bonds is 2. The van der Waals surface area contributed by atoms with Gasteiger partial charge in [0.05, 0.1) is 5.69 Å². The largest absolute Gasteiger partial charge is 0.354 e. The van der Waals surface area contributed by atoms with E-state index in [0.717, 1.165) is 9.26 Å². The number of benzene rings is 1. The maximum absolute atomic E-state index is 12.8. The van der Waals surface area contributed by atoms with Crippen LogP contribution in [-0.2, 0) is 0 Å². The molecule has 0 saturated carbocycles. The van der Waals surface area contributed by atoms with Crippen LogP contribution in [0, 0.1) is 9.52 Å². The maximum atomic E-state index is 12.8. The summed E-state index contributed by atoms with van der Waals surface area (Å²) in [6.45, 7) is 0. The van der Waals surface area contributed by atoms with E-state index in [1.807, 2.05) is 24.3 Å². The van der Waals surface area contributed by atoms with Crippen LogP contribution in [0.4, 0.5) is 15.8 Å². The van der Waals surface area contributed by atoms with Gasteiger partial charge in [0.15, 0.2) is 0 Å². The van der Waals surface area contributed by atoms with E-state index in [2.05, 4.69) is 32.9 Å². The van der Waals surface area contributed by atoms with E-state index in [1.54, 1.807) is 6.07 Å². The van der Waals surface area contributed by atoms with Crippen LogP contribution in [0.3, 0.4) is 0 Å². The molecule has 0 spiro atoms. The summed E-state index contributed by atoms with van der Waals surface area (Å²) in [6, 6.07) is 10.9. The van der Waals surface area contributed by atoms with Gasteiger partial charge in [-0.25, -0.2) is 4.98 Å². The van der Waals surface area contributed by atoms with Crippen molar-refractivity contribution in [3.05, 3.63) is 52.1 Å². The molecule has 0 radical (unpaired) electrons. The van der Waals surface area contributed by atoms with E-state index >= 15 is 0 Å². The third kappa shape index (κ3) is 2.65. The van der Waals surface area contributed by atoms with Crippen molar-refractivity contribution in [2.75, 3.05) is 5.32 Å². The van der Waals surface area contributed by atoms with Crippen LogP contribution in [0.5, 0.6) is 0 Å². The summed E-state index contributed by atoms with van der Waals surface area (Å²) in [5, 5.41) is 3.13. The molecule has 0 bridgehead atoms. The van der Waals surface area contributed by atoms with Gasteiger partial charge in [-0.05, 0) is 40.8 Å². The van der Waals surface area contributed by atoms with Crippen LogP contribution >= 0.6 is 22.6 Å². The molecule has 76 valence electrons. The van der Waals surface area contributed by atoms with Crippen molar-refractivity contribution in [2.24, 2.45) is 0 Å². The quantitative estimate of drug-likeness (QED) is 0.677. The summed E-state index contributed by atoms with van der Waals surface area (Å²) >= 11 is 2.22. The molecule has 2 nitrogen and oxygen atoms in total. The highest BCUT2D eigenvalue weighted by molar-refractivity contribution is 14.1. The summed E-state index contributed by atoms with van der Waals surface area (Å²) in [4.78, 5) is 3.50. The zero-order valence-corrected chi connectivity index (χ0v) is 9.90. The highest BCUT2D eigenvalue weighted by Crippen LogP contribution is 2.21. The van der Waals surface area contributed by atoms with Crippen LogP contribution in [0.2, 0.25) is 0 Å². The monoisotopic (exact) mass is 314 g/mol. The minimum atomic E-state index is -0.481. The van der Waals surface area contributed by atoms with Gasteiger partial charge in [0, 0.05) is 21.5 Å². The predicted octanol–water partition coefficient (Wildman–Crippen LogP) is 3.57. The molecule has 0 fully saturated rings. The van der Waals surface area contributed by atoms with E-state index in [4.69, 9.17) is 0 Å². The first-order valence-corrected chi connectivity index (χ1v) is 5.47. The van der Waals surface area contributed by atoms with Crippen LogP contribution in [-0.4, -0.2) is 4.98 Å². The van der Waals surface area contributed by atoms with E-state index in [9.17, 15) is 4.39 Å². The average Bonchev–Trinajstić information content (AvgIpc) is 2.22. The SMILES string of the molecule is Fc1cc(Nc2ccccc2I)ccn1. The van der Waals surface area contributed by atoms with Crippen molar-refractivity contribution < 1.29 is 4.39 Å². The highest BCUT2D eigenvalue weighted by Gasteiger charge is 1.99. The molecule has 1 N–H and O–H groups in total. The summed E-state index contributed by atoms with van der Waals surface area (Å²) in [6.07, 6.45) is 1.44. The number of para-hydroxylation sites is 1. The number of nitrogens with zero attached hydrogens (tertiary/aromatic N) is 1. The fourth-order valence-corrected chi connectivity index (χ4v) is 1.72. The maximum Gasteiger partial charge on any atom is 0.214 e. The van der Waals surface area contributed by atoms with E-state index in [1.165, 1.54) is 12.3 Å². The van der Waals surface area contributed by atoms with Crippen molar-refractivity contribution in [1.82, 2.24) is 4.98 Å². The molecular weight excluding hydrogens is 306 g/mol. The number of halogens is 2. The summed E-state index contributed by atoms with van der Waals surface area (Å²) < 4.78 is 13.9. The van der Waals surface area contributed by atoms with E-state index in [0.29, 0.717) is 5.69 Å². The summed E-state index contributed by atoms with van der Waals surface area (Å²) in [7, 11) is 0. The van der Waals surface area contributed by atoms with Gasteiger partial charge < -0.3 is 5.32 Å². The molecule has 15 heavy (non-hydrogen) atoms. The fraction of sp³-hybridized carbons (Fsp3) is 0. The number of hydrogen-bond donors (Lipinski definition) is 1. The zero-order valence-electron chi connectivity index (χ0n) is 7.74. The Morgan fingerprint density at radius 3 is 2.73 bits per heavy atom. The molecule has 2 aromatic rings. The summed E-state index contributed by atoms with van der Waals surface area (Å²) in [5.74, 6) is -0.481. The van der Waals surface area contributed by atoms with Gasteiger partial charge in [0.25, 0.3) is 0 Å². The first-order valence-electron chi connectivity index (χ1n) is 4.39. The summed E-state index contributed by atoms with van der Waals surface area (Å²) in [5.41, 5.74) is 1.66. The van der Waals surface area contributed by atoms with Gasteiger partial charge in [-0.3, -0.25) is 0 Å². The molecule has 0 aliphatic heterocycles. The molecule has 2 rings (SSSR count). The van der Waals surface area contributed by atoms with E-state index < -0.39 is 5.95 Å². The lowest BCUT2D eigenvalue weighted by atomic mass is 10.3. The molecular formula is C11H8FIN2. The Bertz CT molecular complexity index is 474. The lowest BCUT2D eigenvalue weighted by Crippen LogP contribution is -1.93. The Hall–Kier alpha value is -1.17. The number of anilines is 2. The van der Waals surface area contributed by atoms with Crippen LogP contribution in [0.15, 0.2) is 42.6 Å². The molecule has 1 heterocycles. The minimum absolute atomic E-state index is 0.481. The second kappa shape index (κ2) is 4.57. The van der Waals surface area contributed by atoms with Gasteiger partial charge in [-0.15, -0.1) is 0 Å². The Morgan fingerprint density at radius 2 is 2.00 bits per heavy atom. The van der Waals surface area contributed by atoms with Gasteiger partial charge in [-0.1, -0.05) is 12.1 Å². The lowest BCUT2D eigenvalue weighted by Gasteiger charge is -2.07. The molecule has 4 heteroatoms. The van der Waals surface area contributed by atoms with Crippen molar-refractivity contribution in [2.45, 2.75) is 0 Å². The topological polar surface area (TPSA) is 24.9 Å². The van der Waals surface area contributed by atoms with Gasteiger partial charge >= 0.3 is 0 Å².